The molecule has 1 N–H and O–H groups in total. The van der Waals surface area contributed by atoms with Crippen LogP contribution < -0.4 is 9.80 Å². The number of aliphatic hydroxyl groups excluding tert-OH is 1. The van der Waals surface area contributed by atoms with Crippen molar-refractivity contribution in [2.45, 2.75) is 53.4 Å². The highest BCUT2D eigenvalue weighted by Gasteiger charge is 2.66. The molecule has 0 bridgehead atoms. The molecule has 35 heavy (non-hydrogen) atoms. The largest absolute Gasteiger partial charge is 0.394 e. The summed E-state index contributed by atoms with van der Waals surface area (Å²) in [6.45, 7) is 1.45. The van der Waals surface area contributed by atoms with Crippen molar-refractivity contribution in [2.24, 2.45) is 0 Å². The number of hydrogen-bond donors (Lipinski definition) is 1. The van der Waals surface area contributed by atoms with Crippen LogP contribution in [-0.2, 0) is 10.8 Å². The van der Waals surface area contributed by atoms with Crippen LogP contribution >= 0.6 is 10.2 Å². The number of anilines is 2. The normalized spacial score (nSPS) is 24.8. The Morgan fingerprint density at radius 1 is 1.03 bits per heavy atom. The molecule has 8 nitrogen and oxygen atoms in total. The summed E-state index contributed by atoms with van der Waals surface area (Å²) in [5.74, 6) is 1.27. The first-order valence-corrected chi connectivity index (χ1v) is 14.5. The van der Waals surface area contributed by atoms with Gasteiger partial charge in [0.05, 0.1) is 46.4 Å². The second-order valence-electron chi connectivity index (χ2n) is 9.30. The summed E-state index contributed by atoms with van der Waals surface area (Å²) < 4.78 is 77.2. The minimum absolute atomic E-state index is 0.00932. The molecule has 0 amide bonds. The number of fused-ring (bicyclic) bond motifs is 1. The SMILES string of the molecule is O=[S@]1CCN(C2(CO)CCC2)c2nc(N3CCC(c4ncc(S(F)(F)(F)(F)F)cn4)CC3)ncc21. The van der Waals surface area contributed by atoms with Crippen LogP contribution in [0, 0.1) is 0 Å². The van der Waals surface area contributed by atoms with Crippen LogP contribution in [0.25, 0.3) is 0 Å². The van der Waals surface area contributed by atoms with Crippen molar-refractivity contribution in [1.29, 1.82) is 0 Å². The van der Waals surface area contributed by atoms with E-state index in [1.54, 1.807) is 6.20 Å². The van der Waals surface area contributed by atoms with Gasteiger partial charge in [-0.25, -0.2) is 15.0 Å². The molecule has 0 unspecified atom stereocenters. The van der Waals surface area contributed by atoms with E-state index in [2.05, 4.69) is 19.9 Å². The molecule has 194 valence electrons. The topological polar surface area (TPSA) is 95.3 Å². The first-order valence-electron chi connectivity index (χ1n) is 11.2. The Morgan fingerprint density at radius 2 is 1.69 bits per heavy atom. The average Bonchev–Trinajstić information content (AvgIpc) is 2.79. The maximum atomic E-state index is 12.9. The van der Waals surface area contributed by atoms with E-state index in [1.807, 2.05) is 4.90 Å². The van der Waals surface area contributed by atoms with Crippen molar-refractivity contribution in [3.8, 4) is 0 Å². The highest BCUT2D eigenvalue weighted by Crippen LogP contribution is 3.01. The highest BCUT2D eigenvalue weighted by molar-refractivity contribution is 8.45. The second-order valence-corrected chi connectivity index (χ2v) is 13.3. The van der Waals surface area contributed by atoms with Crippen molar-refractivity contribution >= 4 is 32.8 Å². The Morgan fingerprint density at radius 3 is 2.23 bits per heavy atom. The van der Waals surface area contributed by atoms with Gasteiger partial charge in [-0.2, -0.15) is 4.98 Å². The van der Waals surface area contributed by atoms with Crippen LogP contribution in [0.1, 0.15) is 43.8 Å². The first-order chi connectivity index (χ1) is 16.3. The maximum Gasteiger partial charge on any atom is 0.313 e. The lowest BCUT2D eigenvalue weighted by Gasteiger charge is -2.51. The van der Waals surface area contributed by atoms with E-state index in [9.17, 15) is 28.7 Å². The fraction of sp³-hybridized carbons (Fsp3) is 0.600. The Labute approximate surface area is 201 Å². The molecule has 1 atom stereocenters. The van der Waals surface area contributed by atoms with Crippen molar-refractivity contribution in [2.75, 3.05) is 41.8 Å². The van der Waals surface area contributed by atoms with Crippen molar-refractivity contribution < 1.29 is 28.7 Å². The molecular formula is C20H25F5N6O2S2. The summed E-state index contributed by atoms with van der Waals surface area (Å²) in [6.07, 6.45) is 5.52. The summed E-state index contributed by atoms with van der Waals surface area (Å²) in [5, 5.41) is 10.0. The lowest BCUT2D eigenvalue weighted by atomic mass is 9.76. The molecule has 1 saturated heterocycles. The van der Waals surface area contributed by atoms with Gasteiger partial charge in [0.2, 0.25) is 5.95 Å². The Kier molecular flexibility index (Phi) is 5.39. The zero-order chi connectivity index (χ0) is 25.1. The molecule has 5 rings (SSSR count). The third kappa shape index (κ3) is 4.57. The van der Waals surface area contributed by atoms with Gasteiger partial charge in [0.1, 0.15) is 10.7 Å². The van der Waals surface area contributed by atoms with Crippen LogP contribution in [0.2, 0.25) is 0 Å². The lowest BCUT2D eigenvalue weighted by molar-refractivity contribution is 0.115. The molecule has 0 spiro atoms. The number of aliphatic hydroxyl groups is 1. The first kappa shape index (κ1) is 24.6. The average molecular weight is 541 g/mol. The van der Waals surface area contributed by atoms with Crippen LogP contribution in [0.4, 0.5) is 31.2 Å². The molecule has 1 saturated carbocycles. The third-order valence-electron chi connectivity index (χ3n) is 7.11. The van der Waals surface area contributed by atoms with Crippen molar-refractivity contribution in [1.82, 2.24) is 19.9 Å². The molecule has 3 aliphatic rings. The van der Waals surface area contributed by atoms with E-state index >= 15 is 0 Å². The van der Waals surface area contributed by atoms with E-state index in [4.69, 9.17) is 4.98 Å². The number of aromatic nitrogens is 4. The van der Waals surface area contributed by atoms with E-state index in [0.29, 0.717) is 54.9 Å². The molecule has 15 heteroatoms. The Balaban J connectivity index is 1.32. The minimum Gasteiger partial charge on any atom is -0.394 e. The zero-order valence-electron chi connectivity index (χ0n) is 18.6. The van der Waals surface area contributed by atoms with Gasteiger partial charge in [0.25, 0.3) is 0 Å². The van der Waals surface area contributed by atoms with Gasteiger partial charge < -0.3 is 14.9 Å². The number of nitrogens with zero attached hydrogens (tertiary/aromatic N) is 6. The van der Waals surface area contributed by atoms with Gasteiger partial charge in [-0.15, -0.1) is 0 Å². The van der Waals surface area contributed by atoms with E-state index in [-0.39, 0.29) is 30.7 Å². The lowest BCUT2D eigenvalue weighted by Crippen LogP contribution is -2.59. The number of hydrogen-bond acceptors (Lipinski definition) is 8. The molecule has 1 aliphatic carbocycles. The molecule has 2 aliphatic heterocycles. The second kappa shape index (κ2) is 7.68. The minimum atomic E-state index is -9.80. The molecule has 0 radical (unpaired) electrons. The molecule has 2 fully saturated rings. The van der Waals surface area contributed by atoms with E-state index in [0.717, 1.165) is 19.3 Å². The van der Waals surface area contributed by atoms with Gasteiger partial charge in [0.15, 0.2) is 5.82 Å². The highest BCUT2D eigenvalue weighted by atomic mass is 32.5. The smallest absolute Gasteiger partial charge is 0.313 e. The quantitative estimate of drug-likeness (QED) is 0.566. The molecule has 2 aromatic heterocycles. The zero-order valence-corrected chi connectivity index (χ0v) is 20.3. The summed E-state index contributed by atoms with van der Waals surface area (Å²) in [6, 6.07) is 0. The monoisotopic (exact) mass is 540 g/mol. The predicted octanol–water partition coefficient (Wildman–Crippen LogP) is 4.15. The van der Waals surface area contributed by atoms with Crippen LogP contribution in [-0.4, -0.2) is 66.8 Å². The Bertz CT molecular complexity index is 1150. The van der Waals surface area contributed by atoms with Gasteiger partial charge in [-0.05, 0) is 32.1 Å². The summed E-state index contributed by atoms with van der Waals surface area (Å²) in [7, 11) is -11.0. The van der Waals surface area contributed by atoms with Crippen LogP contribution in [0.3, 0.4) is 0 Å². The standard InChI is InChI=1S/C20H25F5N6O2S2/c21-35(22,23,24,25)15-10-26-17(27-11-15)14-2-6-30(7-3-14)19-28-12-16-18(29-19)31(8-9-34(16)33)20(13-32)4-1-5-20/h10-12,14,32H,1-9,13H2/t34-/m0/s1. The summed E-state index contributed by atoms with van der Waals surface area (Å²) >= 11 is 0. The van der Waals surface area contributed by atoms with Crippen LogP contribution in [0.5, 0.6) is 0 Å². The maximum absolute atomic E-state index is 12.9. The van der Waals surface area contributed by atoms with E-state index in [1.165, 1.54) is 0 Å². The summed E-state index contributed by atoms with van der Waals surface area (Å²) in [5.41, 5.74) is -0.392. The van der Waals surface area contributed by atoms with Crippen LogP contribution in [0.15, 0.2) is 28.4 Å². The van der Waals surface area contributed by atoms with Gasteiger partial charge in [-0.3, -0.25) is 4.21 Å². The molecule has 4 heterocycles. The van der Waals surface area contributed by atoms with Gasteiger partial charge in [0, 0.05) is 31.3 Å². The molecule has 2 aromatic rings. The fourth-order valence-corrected chi connectivity index (χ4v) is 6.49. The molecule has 0 aromatic carbocycles. The number of rotatable bonds is 5. The third-order valence-corrected chi connectivity index (χ3v) is 9.55. The van der Waals surface area contributed by atoms with Crippen molar-refractivity contribution in [3.05, 3.63) is 24.4 Å². The van der Waals surface area contributed by atoms with E-state index < -0.39 is 31.5 Å². The Hall–Kier alpha value is -2.13. The van der Waals surface area contributed by atoms with Crippen molar-refractivity contribution in [3.63, 3.8) is 0 Å². The summed E-state index contributed by atoms with van der Waals surface area (Å²) in [4.78, 5) is 18.7. The van der Waals surface area contributed by atoms with Gasteiger partial charge >= 0.3 is 10.2 Å². The number of halogens is 5. The van der Waals surface area contributed by atoms with Gasteiger partial charge in [-0.1, -0.05) is 19.4 Å². The fourth-order valence-electron chi connectivity index (χ4n) is 4.88. The predicted molar refractivity (Wildman–Crippen MR) is 122 cm³/mol. The number of piperidine rings is 1. The molecular weight excluding hydrogens is 515 g/mol.